The maximum absolute atomic E-state index is 13.4. The molecule has 0 aliphatic rings. The predicted molar refractivity (Wildman–Crippen MR) is 97.5 cm³/mol. The van der Waals surface area contributed by atoms with Crippen molar-refractivity contribution >= 4 is 33.4 Å². The van der Waals surface area contributed by atoms with Crippen LogP contribution in [0.4, 0.5) is 10.1 Å². The Hall–Kier alpha value is -3.48. The number of amides is 1. The van der Waals surface area contributed by atoms with E-state index in [1.807, 2.05) is 36.0 Å². The third-order valence-electron chi connectivity index (χ3n) is 4.30. The first kappa shape index (κ1) is 16.0. The molecule has 130 valence electrons. The summed E-state index contributed by atoms with van der Waals surface area (Å²) < 4.78 is 16.5. The molecule has 2 aromatic carbocycles. The molecule has 26 heavy (non-hydrogen) atoms. The van der Waals surface area contributed by atoms with E-state index in [0.717, 1.165) is 17.0 Å². The van der Waals surface area contributed by atoms with E-state index in [9.17, 15) is 14.0 Å². The number of carbonyl (C=O) groups excluding carboxylic acids is 1. The molecule has 0 fully saturated rings. The minimum Gasteiger partial charge on any atom is -0.350 e. The molecule has 2 aromatic heterocycles. The summed E-state index contributed by atoms with van der Waals surface area (Å²) in [6.45, 7) is -0.207. The van der Waals surface area contributed by atoms with Gasteiger partial charge in [-0.2, -0.15) is 0 Å². The van der Waals surface area contributed by atoms with Crippen LogP contribution in [-0.4, -0.2) is 20.0 Å². The molecule has 0 radical (unpaired) electrons. The molecule has 0 atom stereocenters. The van der Waals surface area contributed by atoms with Crippen LogP contribution in [0, 0.1) is 5.82 Å². The van der Waals surface area contributed by atoms with Crippen molar-refractivity contribution in [3.8, 4) is 0 Å². The molecule has 0 saturated carbocycles. The highest BCUT2D eigenvalue weighted by atomic mass is 19.1. The van der Waals surface area contributed by atoms with Gasteiger partial charge in [-0.1, -0.05) is 6.07 Å². The molecule has 0 bridgehead atoms. The fraction of sp³-hybridized carbons (Fsp3) is 0.105. The first-order valence-electron chi connectivity index (χ1n) is 8.01. The number of carbonyl (C=O) groups is 1. The summed E-state index contributed by atoms with van der Waals surface area (Å²) in [5, 5.41) is 3.87. The SMILES string of the molecule is Cn1ccc2c(NC(=O)Cn3cnc4ccc(F)cc4c3=O)cccc21. The molecule has 4 rings (SSSR count). The van der Waals surface area contributed by atoms with Gasteiger partial charge in [0, 0.05) is 24.1 Å². The van der Waals surface area contributed by atoms with Crippen LogP contribution >= 0.6 is 0 Å². The number of rotatable bonds is 3. The smallest absolute Gasteiger partial charge is 0.261 e. The fourth-order valence-corrected chi connectivity index (χ4v) is 3.00. The molecule has 1 amide bonds. The summed E-state index contributed by atoms with van der Waals surface area (Å²) in [6.07, 6.45) is 3.21. The van der Waals surface area contributed by atoms with E-state index < -0.39 is 11.4 Å². The normalized spacial score (nSPS) is 11.2. The van der Waals surface area contributed by atoms with Gasteiger partial charge in [-0.25, -0.2) is 9.37 Å². The molecule has 0 unspecified atom stereocenters. The number of aromatic nitrogens is 3. The molecule has 1 N–H and O–H groups in total. The third-order valence-corrected chi connectivity index (χ3v) is 4.30. The van der Waals surface area contributed by atoms with Crippen LogP contribution in [0.25, 0.3) is 21.8 Å². The van der Waals surface area contributed by atoms with Crippen LogP contribution in [0.2, 0.25) is 0 Å². The Labute approximate surface area is 147 Å². The Morgan fingerprint density at radius 3 is 2.88 bits per heavy atom. The van der Waals surface area contributed by atoms with Crippen LogP contribution in [-0.2, 0) is 18.4 Å². The van der Waals surface area contributed by atoms with Gasteiger partial charge in [-0.3, -0.25) is 14.2 Å². The van der Waals surface area contributed by atoms with E-state index in [0.29, 0.717) is 11.2 Å². The van der Waals surface area contributed by atoms with Crippen LogP contribution in [0.5, 0.6) is 0 Å². The van der Waals surface area contributed by atoms with Gasteiger partial charge in [0.1, 0.15) is 12.4 Å². The maximum Gasteiger partial charge on any atom is 0.261 e. The van der Waals surface area contributed by atoms with Crippen molar-refractivity contribution in [2.45, 2.75) is 6.54 Å². The van der Waals surface area contributed by atoms with E-state index in [4.69, 9.17) is 0 Å². The van der Waals surface area contributed by atoms with Crippen LogP contribution in [0.3, 0.4) is 0 Å². The molecule has 2 heterocycles. The maximum atomic E-state index is 13.4. The molecule has 0 aliphatic carbocycles. The first-order valence-corrected chi connectivity index (χ1v) is 8.01. The number of halogens is 1. The number of anilines is 1. The van der Waals surface area contributed by atoms with Crippen molar-refractivity contribution in [3.05, 3.63) is 71.2 Å². The summed E-state index contributed by atoms with van der Waals surface area (Å²) in [7, 11) is 1.92. The molecule has 0 spiro atoms. The van der Waals surface area contributed by atoms with Gasteiger partial charge in [0.15, 0.2) is 0 Å². The van der Waals surface area contributed by atoms with E-state index >= 15 is 0 Å². The van der Waals surface area contributed by atoms with E-state index in [-0.39, 0.29) is 17.8 Å². The molecule has 7 heteroatoms. The van der Waals surface area contributed by atoms with Crippen LogP contribution in [0.1, 0.15) is 0 Å². The second-order valence-corrected chi connectivity index (χ2v) is 6.05. The molecular formula is C19H15FN4O2. The average molecular weight is 350 g/mol. The number of fused-ring (bicyclic) bond motifs is 2. The number of nitrogens with zero attached hydrogens (tertiary/aromatic N) is 3. The van der Waals surface area contributed by atoms with Gasteiger partial charge >= 0.3 is 0 Å². The van der Waals surface area contributed by atoms with Crippen molar-refractivity contribution in [2.75, 3.05) is 5.32 Å². The van der Waals surface area contributed by atoms with Crippen molar-refractivity contribution in [1.82, 2.24) is 14.1 Å². The zero-order valence-corrected chi connectivity index (χ0v) is 13.9. The number of hydrogen-bond donors (Lipinski definition) is 1. The first-order chi connectivity index (χ1) is 12.5. The lowest BCUT2D eigenvalue weighted by atomic mass is 10.2. The van der Waals surface area contributed by atoms with Crippen molar-refractivity contribution in [1.29, 1.82) is 0 Å². The number of nitrogens with one attached hydrogen (secondary N) is 1. The minimum absolute atomic E-state index is 0.144. The summed E-state index contributed by atoms with van der Waals surface area (Å²) in [5.74, 6) is -0.879. The highest BCUT2D eigenvalue weighted by molar-refractivity contribution is 6.01. The quantitative estimate of drug-likeness (QED) is 0.618. The average Bonchev–Trinajstić information content (AvgIpc) is 3.00. The van der Waals surface area contributed by atoms with Gasteiger partial charge < -0.3 is 9.88 Å². The summed E-state index contributed by atoms with van der Waals surface area (Å²) >= 11 is 0. The van der Waals surface area contributed by atoms with Crippen molar-refractivity contribution < 1.29 is 9.18 Å². The van der Waals surface area contributed by atoms with E-state index in [2.05, 4.69) is 10.3 Å². The Morgan fingerprint density at radius 1 is 1.19 bits per heavy atom. The van der Waals surface area contributed by atoms with Gasteiger partial charge in [0.2, 0.25) is 5.91 Å². The largest absolute Gasteiger partial charge is 0.350 e. The molecule has 6 nitrogen and oxygen atoms in total. The summed E-state index contributed by atoms with van der Waals surface area (Å²) in [6, 6.07) is 11.3. The highest BCUT2D eigenvalue weighted by Gasteiger charge is 2.11. The second kappa shape index (κ2) is 6.11. The monoisotopic (exact) mass is 350 g/mol. The van der Waals surface area contributed by atoms with Gasteiger partial charge in [-0.05, 0) is 36.4 Å². The fourth-order valence-electron chi connectivity index (χ4n) is 3.00. The number of aryl methyl sites for hydroxylation is 1. The predicted octanol–water partition coefficient (Wildman–Crippen LogP) is 2.67. The zero-order valence-electron chi connectivity index (χ0n) is 13.9. The molecule has 0 saturated heterocycles. The Kier molecular flexibility index (Phi) is 3.76. The Bertz CT molecular complexity index is 1210. The van der Waals surface area contributed by atoms with Gasteiger partial charge in [-0.15, -0.1) is 0 Å². The lowest BCUT2D eigenvalue weighted by Gasteiger charge is -2.09. The Morgan fingerprint density at radius 2 is 2.04 bits per heavy atom. The topological polar surface area (TPSA) is 68.9 Å². The molecule has 4 aromatic rings. The molecular weight excluding hydrogens is 335 g/mol. The standard InChI is InChI=1S/C19H15FN4O2/c1-23-8-7-13-16(3-2-4-17(13)23)22-18(25)10-24-11-21-15-6-5-12(20)9-14(15)19(24)26/h2-9,11H,10H2,1H3,(H,22,25). The molecule has 0 aliphatic heterocycles. The van der Waals surface area contributed by atoms with Gasteiger partial charge in [0.25, 0.3) is 5.56 Å². The lowest BCUT2D eigenvalue weighted by molar-refractivity contribution is -0.116. The minimum atomic E-state index is -0.519. The number of benzene rings is 2. The van der Waals surface area contributed by atoms with Crippen LogP contribution in [0.15, 0.2) is 59.8 Å². The Balaban J connectivity index is 1.63. The lowest BCUT2D eigenvalue weighted by Crippen LogP contribution is -2.28. The second-order valence-electron chi connectivity index (χ2n) is 6.05. The third kappa shape index (κ3) is 2.73. The zero-order chi connectivity index (χ0) is 18.3. The number of hydrogen-bond acceptors (Lipinski definition) is 3. The van der Waals surface area contributed by atoms with E-state index in [1.54, 1.807) is 6.07 Å². The summed E-state index contributed by atoms with van der Waals surface area (Å²) in [4.78, 5) is 29.0. The van der Waals surface area contributed by atoms with Gasteiger partial charge in [0.05, 0.1) is 22.9 Å². The van der Waals surface area contributed by atoms with Crippen molar-refractivity contribution in [2.24, 2.45) is 7.05 Å². The van der Waals surface area contributed by atoms with E-state index in [1.165, 1.54) is 23.0 Å². The van der Waals surface area contributed by atoms with Crippen LogP contribution < -0.4 is 10.9 Å². The van der Waals surface area contributed by atoms with Crippen molar-refractivity contribution in [3.63, 3.8) is 0 Å². The highest BCUT2D eigenvalue weighted by Crippen LogP contribution is 2.23. The summed E-state index contributed by atoms with van der Waals surface area (Å²) in [5.41, 5.74) is 1.59.